The second-order valence-corrected chi connectivity index (χ2v) is 7.64. The fourth-order valence-electron chi connectivity index (χ4n) is 2.45. The smallest absolute Gasteiger partial charge is 0.316 e. The highest BCUT2D eigenvalue weighted by atomic mass is 32.2. The Morgan fingerprint density at radius 3 is 2.71 bits per heavy atom. The number of hydrogen-bond acceptors (Lipinski definition) is 6. The molecule has 5 nitrogen and oxygen atoms in total. The van der Waals surface area contributed by atoms with Gasteiger partial charge in [0, 0.05) is 16.4 Å². The minimum Gasteiger partial charge on any atom is -0.493 e. The van der Waals surface area contributed by atoms with Gasteiger partial charge in [0.05, 0.1) is 25.4 Å². The summed E-state index contributed by atoms with van der Waals surface area (Å²) in [5.41, 5.74) is 0.519. The summed E-state index contributed by atoms with van der Waals surface area (Å²) in [7, 11) is 0. The summed E-state index contributed by atoms with van der Waals surface area (Å²) in [5, 5.41) is 0. The molecule has 132 valence electrons. The predicted octanol–water partition coefficient (Wildman–Crippen LogP) is 3.55. The van der Waals surface area contributed by atoms with Crippen molar-refractivity contribution in [2.24, 2.45) is 0 Å². The van der Waals surface area contributed by atoms with Crippen molar-refractivity contribution >= 4 is 23.7 Å². The Hall–Kier alpha value is -1.69. The number of carbonyl (C=O) groups is 2. The van der Waals surface area contributed by atoms with Gasteiger partial charge in [-0.1, -0.05) is 0 Å². The number of benzene rings is 1. The molecular weight excluding hydrogens is 328 g/mol. The number of rotatable bonds is 6. The quantitative estimate of drug-likeness (QED) is 0.576. The molecule has 1 aromatic rings. The molecule has 0 bridgehead atoms. The Kier molecular flexibility index (Phi) is 6.15. The van der Waals surface area contributed by atoms with Crippen LogP contribution < -0.4 is 4.74 Å². The van der Waals surface area contributed by atoms with E-state index in [1.165, 1.54) is 11.8 Å². The molecule has 1 atom stereocenters. The van der Waals surface area contributed by atoms with Crippen LogP contribution in [0.5, 0.6) is 5.75 Å². The highest BCUT2D eigenvalue weighted by molar-refractivity contribution is 8.00. The molecule has 1 unspecified atom stereocenters. The summed E-state index contributed by atoms with van der Waals surface area (Å²) < 4.78 is 15.9. The standard InChI is InChI=1S/C18H24O5S/c1-5-21-16(19)8-12-10-22-15-7-6-13(9-14(12)15)24-11-17(20)23-18(2,3)4/h6-7,9,12H,5,8,10-11H2,1-4H3. The van der Waals surface area contributed by atoms with E-state index in [9.17, 15) is 9.59 Å². The average molecular weight is 352 g/mol. The van der Waals surface area contributed by atoms with Gasteiger partial charge in [-0.05, 0) is 45.9 Å². The Morgan fingerprint density at radius 1 is 1.29 bits per heavy atom. The summed E-state index contributed by atoms with van der Waals surface area (Å²) in [6, 6.07) is 5.79. The monoisotopic (exact) mass is 352 g/mol. The second-order valence-electron chi connectivity index (χ2n) is 6.59. The van der Waals surface area contributed by atoms with Crippen LogP contribution in [0.3, 0.4) is 0 Å². The molecule has 0 amide bonds. The number of carbonyl (C=O) groups excluding carboxylic acids is 2. The van der Waals surface area contributed by atoms with E-state index >= 15 is 0 Å². The SMILES string of the molecule is CCOC(=O)CC1COc2ccc(SCC(=O)OC(C)(C)C)cc21. The molecule has 0 fully saturated rings. The molecule has 0 aromatic heterocycles. The lowest BCUT2D eigenvalue weighted by atomic mass is 9.98. The van der Waals surface area contributed by atoms with Crippen molar-refractivity contribution in [1.29, 1.82) is 0 Å². The zero-order valence-electron chi connectivity index (χ0n) is 14.6. The predicted molar refractivity (Wildman–Crippen MR) is 92.5 cm³/mol. The molecule has 1 aliphatic heterocycles. The maximum absolute atomic E-state index is 11.8. The summed E-state index contributed by atoms with van der Waals surface area (Å²) in [6.45, 7) is 8.20. The first-order chi connectivity index (χ1) is 11.3. The number of fused-ring (bicyclic) bond motifs is 1. The van der Waals surface area contributed by atoms with Crippen molar-refractivity contribution < 1.29 is 23.8 Å². The highest BCUT2D eigenvalue weighted by Gasteiger charge is 2.27. The fraction of sp³-hybridized carbons (Fsp3) is 0.556. The van der Waals surface area contributed by atoms with Crippen molar-refractivity contribution in [1.82, 2.24) is 0 Å². The molecule has 2 rings (SSSR count). The fourth-order valence-corrected chi connectivity index (χ4v) is 3.17. The minimum absolute atomic E-state index is 0.00104. The number of ether oxygens (including phenoxy) is 3. The first kappa shape index (κ1) is 18.6. The van der Waals surface area contributed by atoms with E-state index in [0.717, 1.165) is 16.2 Å². The van der Waals surface area contributed by atoms with Gasteiger partial charge in [0.2, 0.25) is 0 Å². The van der Waals surface area contributed by atoms with Crippen molar-refractivity contribution in [3.8, 4) is 5.75 Å². The molecule has 0 radical (unpaired) electrons. The lowest BCUT2D eigenvalue weighted by Gasteiger charge is -2.19. The second kappa shape index (κ2) is 7.92. The first-order valence-electron chi connectivity index (χ1n) is 8.05. The number of hydrogen-bond donors (Lipinski definition) is 0. The average Bonchev–Trinajstić information content (AvgIpc) is 2.86. The molecule has 6 heteroatoms. The largest absolute Gasteiger partial charge is 0.493 e. The molecule has 1 heterocycles. The van der Waals surface area contributed by atoms with Gasteiger partial charge in [-0.2, -0.15) is 0 Å². The van der Waals surface area contributed by atoms with Crippen LogP contribution in [0.15, 0.2) is 23.1 Å². The number of esters is 2. The van der Waals surface area contributed by atoms with E-state index in [4.69, 9.17) is 14.2 Å². The lowest BCUT2D eigenvalue weighted by Crippen LogP contribution is -2.24. The van der Waals surface area contributed by atoms with Crippen LogP contribution in [-0.2, 0) is 19.1 Å². The zero-order chi connectivity index (χ0) is 17.7. The first-order valence-corrected chi connectivity index (χ1v) is 9.04. The topological polar surface area (TPSA) is 61.8 Å². The van der Waals surface area contributed by atoms with Crippen LogP contribution in [0.25, 0.3) is 0 Å². The molecular formula is C18H24O5S. The van der Waals surface area contributed by atoms with Crippen molar-refractivity contribution in [3.63, 3.8) is 0 Å². The normalized spacial score (nSPS) is 16.2. The third-order valence-electron chi connectivity index (χ3n) is 3.36. The van der Waals surface area contributed by atoms with E-state index in [1.807, 2.05) is 39.0 Å². The zero-order valence-corrected chi connectivity index (χ0v) is 15.4. The molecule has 0 N–H and O–H groups in total. The maximum atomic E-state index is 11.8. The van der Waals surface area contributed by atoms with Crippen LogP contribution >= 0.6 is 11.8 Å². The Labute approximate surface area is 147 Å². The van der Waals surface area contributed by atoms with Gasteiger partial charge in [-0.3, -0.25) is 9.59 Å². The van der Waals surface area contributed by atoms with Gasteiger partial charge >= 0.3 is 11.9 Å². The minimum atomic E-state index is -0.478. The maximum Gasteiger partial charge on any atom is 0.316 e. The summed E-state index contributed by atoms with van der Waals surface area (Å²) >= 11 is 1.42. The summed E-state index contributed by atoms with van der Waals surface area (Å²) in [6.07, 6.45) is 0.307. The van der Waals surface area contributed by atoms with Crippen molar-refractivity contribution in [2.75, 3.05) is 19.0 Å². The van der Waals surface area contributed by atoms with Gasteiger partial charge < -0.3 is 14.2 Å². The molecule has 24 heavy (non-hydrogen) atoms. The van der Waals surface area contributed by atoms with Gasteiger partial charge in [-0.15, -0.1) is 11.8 Å². The summed E-state index contributed by atoms with van der Waals surface area (Å²) in [5.74, 6) is 0.588. The molecule has 0 spiro atoms. The molecule has 1 aromatic carbocycles. The summed E-state index contributed by atoms with van der Waals surface area (Å²) in [4.78, 5) is 24.5. The van der Waals surface area contributed by atoms with Gasteiger partial charge in [-0.25, -0.2) is 0 Å². The Balaban J connectivity index is 1.97. The van der Waals surface area contributed by atoms with Gasteiger partial charge in [0.25, 0.3) is 0 Å². The van der Waals surface area contributed by atoms with E-state index in [0.29, 0.717) is 19.6 Å². The van der Waals surface area contributed by atoms with Crippen LogP contribution in [0.2, 0.25) is 0 Å². The molecule has 0 saturated carbocycles. The lowest BCUT2D eigenvalue weighted by molar-refractivity contribution is -0.151. The highest BCUT2D eigenvalue weighted by Crippen LogP contribution is 2.38. The van der Waals surface area contributed by atoms with Gasteiger partial charge in [0.1, 0.15) is 11.4 Å². The van der Waals surface area contributed by atoms with E-state index in [2.05, 4.69) is 0 Å². The van der Waals surface area contributed by atoms with Crippen LogP contribution in [0, 0.1) is 0 Å². The Morgan fingerprint density at radius 2 is 2.04 bits per heavy atom. The third kappa shape index (κ3) is 5.44. The van der Waals surface area contributed by atoms with Crippen LogP contribution in [0.1, 0.15) is 45.6 Å². The Bertz CT molecular complexity index is 606. The van der Waals surface area contributed by atoms with E-state index in [1.54, 1.807) is 6.92 Å². The van der Waals surface area contributed by atoms with Gasteiger partial charge in [0.15, 0.2) is 0 Å². The van der Waals surface area contributed by atoms with Crippen LogP contribution in [-0.4, -0.2) is 36.5 Å². The van der Waals surface area contributed by atoms with Crippen molar-refractivity contribution in [2.45, 2.75) is 50.5 Å². The van der Waals surface area contributed by atoms with E-state index in [-0.39, 0.29) is 23.6 Å². The van der Waals surface area contributed by atoms with Crippen LogP contribution in [0.4, 0.5) is 0 Å². The number of thioether (sulfide) groups is 1. The third-order valence-corrected chi connectivity index (χ3v) is 4.32. The van der Waals surface area contributed by atoms with Crippen molar-refractivity contribution in [3.05, 3.63) is 23.8 Å². The molecule has 1 aliphatic rings. The van der Waals surface area contributed by atoms with E-state index < -0.39 is 5.60 Å². The molecule has 0 saturated heterocycles. The molecule has 0 aliphatic carbocycles.